The largest absolute Gasteiger partial charge is 0.480 e. The van der Waals surface area contributed by atoms with Crippen molar-refractivity contribution < 1.29 is 19.4 Å². The van der Waals surface area contributed by atoms with Crippen LogP contribution in [0.25, 0.3) is 0 Å². The Labute approximate surface area is 105 Å². The molecule has 0 unspecified atom stereocenters. The SMILES string of the molecule is O=C(O)COCC(=O)N1CCCc2ccccc21. The number of aryl methyl sites for hydroxylation is 1. The second-order valence-corrected chi connectivity index (χ2v) is 4.16. The lowest BCUT2D eigenvalue weighted by Gasteiger charge is -2.29. The highest BCUT2D eigenvalue weighted by molar-refractivity contribution is 5.95. The van der Waals surface area contributed by atoms with Crippen molar-refractivity contribution in [1.29, 1.82) is 0 Å². The fraction of sp³-hybridized carbons (Fsp3) is 0.385. The summed E-state index contributed by atoms with van der Waals surface area (Å²) in [6.07, 6.45) is 1.89. The number of amides is 1. The average Bonchev–Trinajstić information content (AvgIpc) is 2.37. The topological polar surface area (TPSA) is 66.8 Å². The van der Waals surface area contributed by atoms with Gasteiger partial charge in [-0.15, -0.1) is 0 Å². The minimum atomic E-state index is -1.07. The van der Waals surface area contributed by atoms with E-state index in [1.165, 1.54) is 0 Å². The molecule has 5 nitrogen and oxygen atoms in total. The first-order valence-electron chi connectivity index (χ1n) is 5.86. The first-order chi connectivity index (χ1) is 8.68. The van der Waals surface area contributed by atoms with Crippen molar-refractivity contribution in [2.75, 3.05) is 24.7 Å². The molecule has 0 spiro atoms. The van der Waals surface area contributed by atoms with Crippen molar-refractivity contribution >= 4 is 17.6 Å². The molecule has 96 valence electrons. The van der Waals surface area contributed by atoms with Gasteiger partial charge >= 0.3 is 5.97 Å². The van der Waals surface area contributed by atoms with E-state index < -0.39 is 12.6 Å². The third-order valence-corrected chi connectivity index (χ3v) is 2.86. The Hall–Kier alpha value is -1.88. The number of carbonyl (C=O) groups is 2. The summed E-state index contributed by atoms with van der Waals surface area (Å²) in [6.45, 7) is 0.0220. The molecule has 0 aliphatic carbocycles. The van der Waals surface area contributed by atoms with E-state index in [4.69, 9.17) is 9.84 Å². The van der Waals surface area contributed by atoms with Gasteiger partial charge in [-0.1, -0.05) is 18.2 Å². The smallest absolute Gasteiger partial charge is 0.329 e. The van der Waals surface area contributed by atoms with E-state index in [0.29, 0.717) is 6.54 Å². The second-order valence-electron chi connectivity index (χ2n) is 4.16. The Balaban J connectivity index is 2.01. The van der Waals surface area contributed by atoms with Crippen LogP contribution < -0.4 is 4.90 Å². The summed E-state index contributed by atoms with van der Waals surface area (Å²) < 4.78 is 4.83. The molecular formula is C13H15NO4. The third-order valence-electron chi connectivity index (χ3n) is 2.86. The van der Waals surface area contributed by atoms with E-state index in [2.05, 4.69) is 0 Å². The van der Waals surface area contributed by atoms with Gasteiger partial charge in [-0.05, 0) is 24.5 Å². The normalized spacial score (nSPS) is 14.1. The van der Waals surface area contributed by atoms with Crippen LogP contribution in [0.1, 0.15) is 12.0 Å². The van der Waals surface area contributed by atoms with E-state index >= 15 is 0 Å². The van der Waals surface area contributed by atoms with Crippen molar-refractivity contribution in [2.24, 2.45) is 0 Å². The number of anilines is 1. The summed E-state index contributed by atoms with van der Waals surface area (Å²) >= 11 is 0. The lowest BCUT2D eigenvalue weighted by atomic mass is 10.0. The Morgan fingerprint density at radius 3 is 2.83 bits per heavy atom. The van der Waals surface area contributed by atoms with Crippen LogP contribution in [-0.4, -0.2) is 36.7 Å². The molecular weight excluding hydrogens is 234 g/mol. The van der Waals surface area contributed by atoms with Crippen LogP contribution >= 0.6 is 0 Å². The van der Waals surface area contributed by atoms with Crippen LogP contribution in [-0.2, 0) is 20.7 Å². The fourth-order valence-electron chi connectivity index (χ4n) is 2.10. The Kier molecular flexibility index (Phi) is 3.94. The molecule has 0 saturated carbocycles. The zero-order chi connectivity index (χ0) is 13.0. The Bertz CT molecular complexity index is 458. The molecule has 1 aromatic carbocycles. The molecule has 0 fully saturated rings. The van der Waals surface area contributed by atoms with Gasteiger partial charge in [0.15, 0.2) is 0 Å². The average molecular weight is 249 g/mol. The van der Waals surface area contributed by atoms with Crippen LogP contribution in [0.3, 0.4) is 0 Å². The number of aliphatic carboxylic acids is 1. The summed E-state index contributed by atoms with van der Waals surface area (Å²) in [4.78, 5) is 23.9. The Morgan fingerprint density at radius 2 is 2.06 bits per heavy atom. The molecule has 0 aromatic heterocycles. The third kappa shape index (κ3) is 2.87. The molecule has 1 heterocycles. The molecule has 5 heteroatoms. The molecule has 1 aliphatic rings. The predicted molar refractivity (Wildman–Crippen MR) is 65.6 cm³/mol. The van der Waals surface area contributed by atoms with Gasteiger partial charge in [0.05, 0.1) is 0 Å². The number of nitrogens with zero attached hydrogens (tertiary/aromatic N) is 1. The molecule has 2 rings (SSSR count). The van der Waals surface area contributed by atoms with Gasteiger partial charge in [0.25, 0.3) is 5.91 Å². The number of fused-ring (bicyclic) bond motifs is 1. The predicted octanol–water partition coefficient (Wildman–Crippen LogP) is 1.07. The number of carboxylic acids is 1. The summed E-state index contributed by atoms with van der Waals surface area (Å²) in [5.41, 5.74) is 2.06. The molecule has 1 amide bonds. The lowest BCUT2D eigenvalue weighted by molar-refractivity contribution is -0.143. The van der Waals surface area contributed by atoms with Gasteiger partial charge in [-0.2, -0.15) is 0 Å². The number of ether oxygens (including phenoxy) is 1. The number of carbonyl (C=O) groups excluding carboxylic acids is 1. The first-order valence-corrected chi connectivity index (χ1v) is 5.86. The van der Waals surface area contributed by atoms with Gasteiger partial charge in [-0.25, -0.2) is 4.79 Å². The van der Waals surface area contributed by atoms with Crippen LogP contribution in [0.5, 0.6) is 0 Å². The van der Waals surface area contributed by atoms with E-state index in [1.807, 2.05) is 24.3 Å². The van der Waals surface area contributed by atoms with Gasteiger partial charge < -0.3 is 14.7 Å². The van der Waals surface area contributed by atoms with Gasteiger partial charge in [-0.3, -0.25) is 4.79 Å². The molecule has 1 aromatic rings. The maximum atomic E-state index is 12.0. The van der Waals surface area contributed by atoms with Gasteiger partial charge in [0.2, 0.25) is 0 Å². The minimum absolute atomic E-state index is 0.191. The zero-order valence-corrected chi connectivity index (χ0v) is 9.96. The summed E-state index contributed by atoms with van der Waals surface area (Å²) in [7, 11) is 0. The standard InChI is InChI=1S/C13H15NO4/c15-12(8-18-9-13(16)17)14-7-3-5-10-4-1-2-6-11(10)14/h1-2,4,6H,3,5,7-9H2,(H,16,17). The number of hydrogen-bond acceptors (Lipinski definition) is 3. The van der Waals surface area contributed by atoms with Crippen LogP contribution in [0.4, 0.5) is 5.69 Å². The van der Waals surface area contributed by atoms with Crippen LogP contribution in [0.15, 0.2) is 24.3 Å². The first kappa shape index (κ1) is 12.6. The van der Waals surface area contributed by atoms with Crippen molar-refractivity contribution in [1.82, 2.24) is 0 Å². The van der Waals surface area contributed by atoms with Crippen LogP contribution in [0.2, 0.25) is 0 Å². The molecule has 18 heavy (non-hydrogen) atoms. The van der Waals surface area contributed by atoms with Gasteiger partial charge in [0.1, 0.15) is 13.2 Å². The van der Waals surface area contributed by atoms with E-state index in [1.54, 1.807) is 4.90 Å². The monoisotopic (exact) mass is 249 g/mol. The summed E-state index contributed by atoms with van der Waals surface area (Å²) in [5.74, 6) is -1.26. The molecule has 1 aliphatic heterocycles. The molecule has 0 atom stereocenters. The number of benzene rings is 1. The number of carboxylic acid groups (broad SMARTS) is 1. The van der Waals surface area contributed by atoms with Crippen LogP contribution in [0, 0.1) is 0 Å². The van der Waals surface area contributed by atoms with E-state index in [-0.39, 0.29) is 12.5 Å². The van der Waals surface area contributed by atoms with E-state index in [0.717, 1.165) is 24.1 Å². The second kappa shape index (κ2) is 5.64. The van der Waals surface area contributed by atoms with Crippen molar-refractivity contribution in [3.8, 4) is 0 Å². The molecule has 0 radical (unpaired) electrons. The highest BCUT2D eigenvalue weighted by Gasteiger charge is 2.21. The number of hydrogen-bond donors (Lipinski definition) is 1. The lowest BCUT2D eigenvalue weighted by Crippen LogP contribution is -2.38. The number of para-hydroxylation sites is 1. The van der Waals surface area contributed by atoms with Crippen molar-refractivity contribution in [3.05, 3.63) is 29.8 Å². The quantitative estimate of drug-likeness (QED) is 0.866. The van der Waals surface area contributed by atoms with E-state index in [9.17, 15) is 9.59 Å². The highest BCUT2D eigenvalue weighted by atomic mass is 16.5. The maximum Gasteiger partial charge on any atom is 0.329 e. The van der Waals surface area contributed by atoms with Gasteiger partial charge in [0, 0.05) is 12.2 Å². The maximum absolute atomic E-state index is 12.0. The minimum Gasteiger partial charge on any atom is -0.480 e. The molecule has 1 N–H and O–H groups in total. The fourth-order valence-corrected chi connectivity index (χ4v) is 2.10. The Morgan fingerprint density at radius 1 is 1.28 bits per heavy atom. The van der Waals surface area contributed by atoms with Crippen molar-refractivity contribution in [3.63, 3.8) is 0 Å². The summed E-state index contributed by atoms with van der Waals surface area (Å²) in [5, 5.41) is 8.44. The van der Waals surface area contributed by atoms with Crippen molar-refractivity contribution in [2.45, 2.75) is 12.8 Å². The summed E-state index contributed by atoms with van der Waals surface area (Å²) in [6, 6.07) is 7.76. The zero-order valence-electron chi connectivity index (χ0n) is 9.96. The number of rotatable bonds is 4. The highest BCUT2D eigenvalue weighted by Crippen LogP contribution is 2.26. The molecule has 0 bridgehead atoms. The molecule has 0 saturated heterocycles.